The topological polar surface area (TPSA) is 70.2 Å². The van der Waals surface area contributed by atoms with Gasteiger partial charge < -0.3 is 23.7 Å². The first-order valence-electron chi connectivity index (χ1n) is 15.9. The average Bonchev–Trinajstić information content (AvgIpc) is 3.43. The van der Waals surface area contributed by atoms with Gasteiger partial charge in [-0.05, 0) is 56.3 Å². The van der Waals surface area contributed by atoms with Gasteiger partial charge >= 0.3 is 0 Å². The van der Waals surface area contributed by atoms with Gasteiger partial charge in [-0.15, -0.1) is 0 Å². The summed E-state index contributed by atoms with van der Waals surface area (Å²) in [5, 5.41) is 5.11. The number of piperidine rings is 1. The van der Waals surface area contributed by atoms with Gasteiger partial charge in [0.15, 0.2) is 5.65 Å². The third-order valence-electron chi connectivity index (χ3n) is 8.72. The van der Waals surface area contributed by atoms with Crippen LogP contribution in [0.1, 0.15) is 48.4 Å². The molecule has 0 saturated carbocycles. The number of hydrogen-bond acceptors (Lipinski definition) is 6. The van der Waals surface area contributed by atoms with E-state index < -0.39 is 8.07 Å². The van der Waals surface area contributed by atoms with Crippen molar-refractivity contribution in [3.05, 3.63) is 81.8 Å². The van der Waals surface area contributed by atoms with Crippen molar-refractivity contribution < 1.29 is 14.2 Å². The Hall–Kier alpha value is -3.40. The molecular formula is C35H48N4O4Si. The fourth-order valence-corrected chi connectivity index (χ4v) is 6.96. The Bertz CT molecular complexity index is 1590. The van der Waals surface area contributed by atoms with E-state index in [1.807, 2.05) is 30.3 Å². The lowest BCUT2D eigenvalue weighted by Crippen LogP contribution is -2.32. The Morgan fingerprint density at radius 3 is 2.27 bits per heavy atom. The Kier molecular flexibility index (Phi) is 10.3. The molecule has 0 amide bonds. The van der Waals surface area contributed by atoms with Crippen molar-refractivity contribution in [2.24, 2.45) is 0 Å². The van der Waals surface area contributed by atoms with Crippen LogP contribution in [-0.2, 0) is 16.2 Å². The van der Waals surface area contributed by atoms with Crippen molar-refractivity contribution in [2.75, 3.05) is 45.4 Å². The summed E-state index contributed by atoms with van der Waals surface area (Å²) in [4.78, 5) is 17.1. The number of methoxy groups -OCH3 is 2. The number of nitrogens with zero attached hydrogens (tertiary/aromatic N) is 4. The molecule has 9 heteroatoms. The zero-order valence-corrected chi connectivity index (χ0v) is 28.3. The maximum absolute atomic E-state index is 14.7. The van der Waals surface area contributed by atoms with Gasteiger partial charge in [-0.2, -0.15) is 9.61 Å². The highest BCUT2D eigenvalue weighted by Gasteiger charge is 2.30. The van der Waals surface area contributed by atoms with E-state index in [2.05, 4.69) is 60.3 Å². The normalized spacial score (nSPS) is 14.7. The van der Waals surface area contributed by atoms with Crippen LogP contribution in [0.5, 0.6) is 5.75 Å². The van der Waals surface area contributed by atoms with E-state index in [1.165, 1.54) is 6.42 Å². The first-order valence-corrected chi connectivity index (χ1v) is 19.6. The Morgan fingerprint density at radius 2 is 1.64 bits per heavy atom. The van der Waals surface area contributed by atoms with Crippen LogP contribution in [0.2, 0.25) is 25.7 Å². The summed E-state index contributed by atoms with van der Waals surface area (Å²) >= 11 is 0. The smallest absolute Gasteiger partial charge is 0.278 e. The second-order valence-corrected chi connectivity index (χ2v) is 18.7. The van der Waals surface area contributed by atoms with Crippen LogP contribution in [0.4, 0.5) is 5.69 Å². The number of aromatic nitrogens is 3. The molecule has 0 spiro atoms. The van der Waals surface area contributed by atoms with E-state index in [0.717, 1.165) is 77.1 Å². The SMILES string of the molecule is COCCC(c1ccc(OC)cc1)c1c(C)n(COCC[Si](C)(C)C)c2c(N3CCCCC3)c(-c3ccccc3)nn2c1=O. The molecule has 1 atom stereocenters. The fourth-order valence-electron chi connectivity index (χ4n) is 6.20. The Balaban J connectivity index is 1.76. The van der Waals surface area contributed by atoms with E-state index >= 15 is 0 Å². The Morgan fingerprint density at radius 1 is 0.932 bits per heavy atom. The molecule has 0 aliphatic carbocycles. The fraction of sp³-hybridized carbons (Fsp3) is 0.486. The van der Waals surface area contributed by atoms with Gasteiger partial charge in [-0.1, -0.05) is 62.1 Å². The van der Waals surface area contributed by atoms with Crippen LogP contribution < -0.4 is 15.2 Å². The second-order valence-electron chi connectivity index (χ2n) is 13.0. The highest BCUT2D eigenvalue weighted by Crippen LogP contribution is 2.38. The maximum atomic E-state index is 14.7. The third kappa shape index (κ3) is 6.95. The molecule has 1 aliphatic rings. The highest BCUT2D eigenvalue weighted by atomic mass is 28.3. The number of fused-ring (bicyclic) bond motifs is 1. The molecule has 2 aromatic heterocycles. The minimum Gasteiger partial charge on any atom is -0.497 e. The van der Waals surface area contributed by atoms with Crippen molar-refractivity contribution in [2.45, 2.75) is 70.9 Å². The molecule has 1 fully saturated rings. The number of ether oxygens (including phenoxy) is 3. The van der Waals surface area contributed by atoms with Crippen molar-refractivity contribution in [3.63, 3.8) is 0 Å². The summed E-state index contributed by atoms with van der Waals surface area (Å²) in [7, 11) is 2.09. The standard InChI is InChI=1S/C35H48N4O4Si/c1-26-31(30(19-22-41-2)27-15-17-29(42-3)18-16-27)35(40)39-34(38(26)25-43-23-24-44(4,5)6)33(37-20-11-8-12-21-37)32(36-39)28-13-9-7-10-14-28/h7,9-10,13-18,30H,8,11-12,19-25H2,1-6H3. The maximum Gasteiger partial charge on any atom is 0.278 e. The monoisotopic (exact) mass is 616 g/mol. The molecule has 8 nitrogen and oxygen atoms in total. The molecule has 44 heavy (non-hydrogen) atoms. The summed E-state index contributed by atoms with van der Waals surface area (Å²) in [6.07, 6.45) is 4.12. The van der Waals surface area contributed by atoms with Crippen LogP contribution >= 0.6 is 0 Å². The summed E-state index contributed by atoms with van der Waals surface area (Å²) in [6.45, 7) is 12.6. The first kappa shape index (κ1) is 32.0. The van der Waals surface area contributed by atoms with Crippen LogP contribution in [0.15, 0.2) is 59.4 Å². The van der Waals surface area contributed by atoms with Gasteiger partial charge in [-0.3, -0.25) is 4.79 Å². The van der Waals surface area contributed by atoms with E-state index in [0.29, 0.717) is 26.4 Å². The number of rotatable bonds is 13. The summed E-state index contributed by atoms with van der Waals surface area (Å²) in [5.74, 6) is 0.596. The number of anilines is 1. The van der Waals surface area contributed by atoms with Gasteiger partial charge in [0, 0.05) is 64.2 Å². The molecule has 0 radical (unpaired) electrons. The van der Waals surface area contributed by atoms with E-state index in [4.69, 9.17) is 19.3 Å². The summed E-state index contributed by atoms with van der Waals surface area (Å²) in [6, 6.07) is 19.3. The molecular weight excluding hydrogens is 568 g/mol. The minimum absolute atomic E-state index is 0.0896. The molecule has 4 aromatic rings. The molecule has 3 heterocycles. The largest absolute Gasteiger partial charge is 0.497 e. The zero-order valence-electron chi connectivity index (χ0n) is 27.3. The van der Waals surface area contributed by atoms with Crippen molar-refractivity contribution in [1.82, 2.24) is 14.2 Å². The van der Waals surface area contributed by atoms with Gasteiger partial charge in [0.25, 0.3) is 5.56 Å². The molecule has 0 N–H and O–H groups in total. The minimum atomic E-state index is -1.28. The van der Waals surface area contributed by atoms with E-state index in [-0.39, 0.29) is 11.5 Å². The first-order chi connectivity index (χ1) is 21.2. The van der Waals surface area contributed by atoms with E-state index in [9.17, 15) is 4.79 Å². The van der Waals surface area contributed by atoms with Crippen LogP contribution in [0, 0.1) is 6.92 Å². The van der Waals surface area contributed by atoms with E-state index in [1.54, 1.807) is 18.7 Å². The predicted molar refractivity (Wildman–Crippen MR) is 181 cm³/mol. The lowest BCUT2D eigenvalue weighted by Gasteiger charge is -2.30. The van der Waals surface area contributed by atoms with Gasteiger partial charge in [0.1, 0.15) is 23.9 Å². The Labute approximate surface area is 262 Å². The molecule has 1 aliphatic heterocycles. The molecule has 236 valence electrons. The lowest BCUT2D eigenvalue weighted by molar-refractivity contribution is 0.0873. The van der Waals surface area contributed by atoms with Crippen LogP contribution in [0.3, 0.4) is 0 Å². The van der Waals surface area contributed by atoms with Crippen LogP contribution in [0.25, 0.3) is 16.9 Å². The molecule has 5 rings (SSSR count). The zero-order chi connectivity index (χ0) is 31.3. The van der Waals surface area contributed by atoms with Crippen molar-refractivity contribution in [3.8, 4) is 17.0 Å². The van der Waals surface area contributed by atoms with Gasteiger partial charge in [-0.25, -0.2) is 0 Å². The molecule has 1 saturated heterocycles. The lowest BCUT2D eigenvalue weighted by atomic mass is 9.88. The average molecular weight is 617 g/mol. The molecule has 1 unspecified atom stereocenters. The highest BCUT2D eigenvalue weighted by molar-refractivity contribution is 6.76. The van der Waals surface area contributed by atoms with Gasteiger partial charge in [0.2, 0.25) is 0 Å². The third-order valence-corrected chi connectivity index (χ3v) is 10.4. The summed E-state index contributed by atoms with van der Waals surface area (Å²) in [5.41, 5.74) is 6.27. The summed E-state index contributed by atoms with van der Waals surface area (Å²) < 4.78 is 21.3. The number of hydrogen-bond donors (Lipinski definition) is 0. The van der Waals surface area contributed by atoms with Crippen molar-refractivity contribution >= 4 is 19.4 Å². The number of benzene rings is 2. The van der Waals surface area contributed by atoms with Gasteiger partial charge in [0.05, 0.1) is 7.11 Å². The molecule has 2 aromatic carbocycles. The van der Waals surface area contributed by atoms with Crippen LogP contribution in [-0.4, -0.2) is 62.8 Å². The predicted octanol–water partition coefficient (Wildman–Crippen LogP) is 6.95. The molecule has 0 bridgehead atoms. The van der Waals surface area contributed by atoms with Crippen molar-refractivity contribution in [1.29, 1.82) is 0 Å². The quantitative estimate of drug-likeness (QED) is 0.120. The second kappa shape index (κ2) is 14.1.